The standard InChI is InChI=1S/C20H22/c1-5-16-6-8-17(9-7-16)10-11-18-12-14-19(15-13-18)20(2,3)4/h5-15H,1H2,2-4H3/b11-10+. The summed E-state index contributed by atoms with van der Waals surface area (Å²) >= 11 is 0. The van der Waals surface area contributed by atoms with Crippen LogP contribution in [-0.4, -0.2) is 0 Å². The van der Waals surface area contributed by atoms with Gasteiger partial charge in [-0.15, -0.1) is 0 Å². The third-order valence-electron chi connectivity index (χ3n) is 3.42. The molecule has 0 atom stereocenters. The minimum absolute atomic E-state index is 0.211. The van der Waals surface area contributed by atoms with E-state index < -0.39 is 0 Å². The Balaban J connectivity index is 2.12. The van der Waals surface area contributed by atoms with Gasteiger partial charge < -0.3 is 0 Å². The van der Waals surface area contributed by atoms with Crippen molar-refractivity contribution in [3.05, 3.63) is 77.4 Å². The van der Waals surface area contributed by atoms with Crippen molar-refractivity contribution in [1.29, 1.82) is 0 Å². The molecule has 0 unspecified atom stereocenters. The van der Waals surface area contributed by atoms with Gasteiger partial charge in [-0.1, -0.05) is 94.1 Å². The molecule has 2 rings (SSSR count). The van der Waals surface area contributed by atoms with Crippen molar-refractivity contribution < 1.29 is 0 Å². The van der Waals surface area contributed by atoms with Gasteiger partial charge in [0.05, 0.1) is 0 Å². The fourth-order valence-corrected chi connectivity index (χ4v) is 2.03. The highest BCUT2D eigenvalue weighted by Gasteiger charge is 2.12. The van der Waals surface area contributed by atoms with Crippen molar-refractivity contribution in [2.75, 3.05) is 0 Å². The Morgan fingerprint density at radius 2 is 1.10 bits per heavy atom. The average molecular weight is 262 g/mol. The third kappa shape index (κ3) is 3.71. The normalized spacial score (nSPS) is 11.8. The molecule has 0 heteroatoms. The number of hydrogen-bond donors (Lipinski definition) is 0. The Kier molecular flexibility index (Phi) is 4.24. The van der Waals surface area contributed by atoms with Crippen molar-refractivity contribution in [1.82, 2.24) is 0 Å². The molecule has 2 aromatic rings. The molecular formula is C20H22. The van der Waals surface area contributed by atoms with Gasteiger partial charge in [0.25, 0.3) is 0 Å². The second-order valence-corrected chi connectivity index (χ2v) is 6.08. The lowest BCUT2D eigenvalue weighted by Gasteiger charge is -2.18. The quantitative estimate of drug-likeness (QED) is 0.613. The van der Waals surface area contributed by atoms with Crippen LogP contribution in [0, 0.1) is 0 Å². The molecular weight excluding hydrogens is 240 g/mol. The molecule has 0 fully saturated rings. The fourth-order valence-electron chi connectivity index (χ4n) is 2.03. The first-order valence-corrected chi connectivity index (χ1v) is 7.00. The van der Waals surface area contributed by atoms with Gasteiger partial charge in [-0.25, -0.2) is 0 Å². The fraction of sp³-hybridized carbons (Fsp3) is 0.200. The summed E-state index contributed by atoms with van der Waals surface area (Å²) in [5.74, 6) is 0. The molecule has 0 N–H and O–H groups in total. The summed E-state index contributed by atoms with van der Waals surface area (Å²) < 4.78 is 0. The number of hydrogen-bond acceptors (Lipinski definition) is 0. The lowest BCUT2D eigenvalue weighted by molar-refractivity contribution is 0.590. The summed E-state index contributed by atoms with van der Waals surface area (Å²) in [4.78, 5) is 0. The molecule has 0 aliphatic heterocycles. The van der Waals surface area contributed by atoms with E-state index in [1.165, 1.54) is 16.7 Å². The van der Waals surface area contributed by atoms with Gasteiger partial charge in [-0.05, 0) is 27.7 Å². The Morgan fingerprint density at radius 1 is 0.700 bits per heavy atom. The smallest absolute Gasteiger partial charge is 0.0132 e. The van der Waals surface area contributed by atoms with Crippen molar-refractivity contribution in [2.45, 2.75) is 26.2 Å². The lowest BCUT2D eigenvalue weighted by atomic mass is 9.87. The predicted molar refractivity (Wildman–Crippen MR) is 90.6 cm³/mol. The van der Waals surface area contributed by atoms with Gasteiger partial charge in [0.15, 0.2) is 0 Å². The van der Waals surface area contributed by atoms with Gasteiger partial charge in [-0.3, -0.25) is 0 Å². The van der Waals surface area contributed by atoms with E-state index >= 15 is 0 Å². The summed E-state index contributed by atoms with van der Waals surface area (Å²) in [5.41, 5.74) is 5.16. The summed E-state index contributed by atoms with van der Waals surface area (Å²) in [6, 6.07) is 17.1. The van der Waals surface area contributed by atoms with Crippen LogP contribution in [0.25, 0.3) is 18.2 Å². The monoisotopic (exact) mass is 262 g/mol. The first-order valence-electron chi connectivity index (χ1n) is 7.00. The number of benzene rings is 2. The van der Waals surface area contributed by atoms with Gasteiger partial charge in [0.2, 0.25) is 0 Å². The van der Waals surface area contributed by atoms with Crippen molar-refractivity contribution in [2.24, 2.45) is 0 Å². The molecule has 0 spiro atoms. The summed E-state index contributed by atoms with van der Waals surface area (Å²) in [7, 11) is 0. The lowest BCUT2D eigenvalue weighted by Crippen LogP contribution is -2.10. The highest BCUT2D eigenvalue weighted by molar-refractivity contribution is 5.70. The maximum Gasteiger partial charge on any atom is -0.0132 e. The molecule has 20 heavy (non-hydrogen) atoms. The maximum atomic E-state index is 3.76. The predicted octanol–water partition coefficient (Wildman–Crippen LogP) is 5.80. The van der Waals surface area contributed by atoms with E-state index in [9.17, 15) is 0 Å². The first kappa shape index (κ1) is 14.3. The van der Waals surface area contributed by atoms with Crippen LogP contribution < -0.4 is 0 Å². The molecule has 0 aromatic heterocycles. The van der Waals surface area contributed by atoms with E-state index in [0.29, 0.717) is 0 Å². The Bertz CT molecular complexity index is 590. The van der Waals surface area contributed by atoms with Crippen LogP contribution in [0.15, 0.2) is 55.1 Å². The van der Waals surface area contributed by atoms with Gasteiger partial charge in [0, 0.05) is 0 Å². The molecule has 102 valence electrons. The van der Waals surface area contributed by atoms with Gasteiger partial charge >= 0.3 is 0 Å². The van der Waals surface area contributed by atoms with E-state index in [0.717, 1.165) is 5.56 Å². The molecule has 0 bridgehead atoms. The van der Waals surface area contributed by atoms with Crippen LogP contribution in [0.2, 0.25) is 0 Å². The Morgan fingerprint density at radius 3 is 1.50 bits per heavy atom. The Hall–Kier alpha value is -2.08. The summed E-state index contributed by atoms with van der Waals surface area (Å²) in [6.07, 6.45) is 6.15. The highest BCUT2D eigenvalue weighted by atomic mass is 14.2. The van der Waals surface area contributed by atoms with Crippen LogP contribution in [0.4, 0.5) is 0 Å². The summed E-state index contributed by atoms with van der Waals surface area (Å²) in [5, 5.41) is 0. The molecule has 2 aromatic carbocycles. The van der Waals surface area contributed by atoms with Gasteiger partial charge in [0.1, 0.15) is 0 Å². The van der Waals surface area contributed by atoms with E-state index in [-0.39, 0.29) is 5.41 Å². The topological polar surface area (TPSA) is 0 Å². The van der Waals surface area contributed by atoms with Crippen LogP contribution in [0.3, 0.4) is 0 Å². The SMILES string of the molecule is C=Cc1ccc(/C=C/c2ccc(C(C)(C)C)cc2)cc1. The van der Waals surface area contributed by atoms with Gasteiger partial charge in [-0.2, -0.15) is 0 Å². The average Bonchev–Trinajstić information content (AvgIpc) is 2.45. The molecule has 0 amide bonds. The largest absolute Gasteiger partial charge is 0.0985 e. The van der Waals surface area contributed by atoms with E-state index in [1.807, 2.05) is 6.08 Å². The molecule has 0 saturated heterocycles. The summed E-state index contributed by atoms with van der Waals surface area (Å²) in [6.45, 7) is 10.5. The van der Waals surface area contributed by atoms with Crippen molar-refractivity contribution in [3.8, 4) is 0 Å². The third-order valence-corrected chi connectivity index (χ3v) is 3.42. The first-order chi connectivity index (χ1) is 9.49. The molecule has 0 heterocycles. The van der Waals surface area contributed by atoms with Crippen molar-refractivity contribution in [3.63, 3.8) is 0 Å². The molecule has 0 radical (unpaired) electrons. The van der Waals surface area contributed by atoms with Crippen LogP contribution in [0.1, 0.15) is 43.0 Å². The van der Waals surface area contributed by atoms with Crippen LogP contribution in [0.5, 0.6) is 0 Å². The Labute approximate surface area is 122 Å². The van der Waals surface area contributed by atoms with Crippen LogP contribution in [-0.2, 0) is 5.41 Å². The zero-order chi connectivity index (χ0) is 14.6. The zero-order valence-electron chi connectivity index (χ0n) is 12.6. The maximum absolute atomic E-state index is 3.76. The van der Waals surface area contributed by atoms with E-state index in [2.05, 4.69) is 88.0 Å². The highest BCUT2D eigenvalue weighted by Crippen LogP contribution is 2.22. The number of rotatable bonds is 3. The second-order valence-electron chi connectivity index (χ2n) is 6.08. The van der Waals surface area contributed by atoms with Crippen molar-refractivity contribution >= 4 is 18.2 Å². The molecule has 0 saturated carbocycles. The molecule has 0 aliphatic rings. The minimum atomic E-state index is 0.211. The van der Waals surface area contributed by atoms with E-state index in [4.69, 9.17) is 0 Å². The molecule has 0 aliphatic carbocycles. The minimum Gasteiger partial charge on any atom is -0.0985 e. The molecule has 0 nitrogen and oxygen atoms in total. The van der Waals surface area contributed by atoms with E-state index in [1.54, 1.807) is 0 Å². The zero-order valence-corrected chi connectivity index (χ0v) is 12.6. The second kappa shape index (κ2) is 5.92. The van der Waals surface area contributed by atoms with Crippen LogP contribution >= 0.6 is 0 Å².